The third kappa shape index (κ3) is 3.97. The lowest BCUT2D eigenvalue weighted by atomic mass is 10.1. The molecule has 0 radical (unpaired) electrons. The third-order valence-corrected chi connectivity index (χ3v) is 5.10. The number of para-hydroxylation sites is 1. The Morgan fingerprint density at radius 2 is 1.77 bits per heavy atom. The van der Waals surface area contributed by atoms with Gasteiger partial charge in [-0.05, 0) is 24.3 Å². The molecule has 8 heteroatoms. The Hall–Kier alpha value is -2.58. The first-order valence-corrected chi connectivity index (χ1v) is 10.4. The minimum atomic E-state index is -3.29. The summed E-state index contributed by atoms with van der Waals surface area (Å²) in [6.07, 6.45) is 1.12. The van der Waals surface area contributed by atoms with Crippen LogP contribution in [0.15, 0.2) is 47.8 Å². The van der Waals surface area contributed by atoms with E-state index in [1.165, 1.54) is 11.3 Å². The van der Waals surface area contributed by atoms with Gasteiger partial charge in [0.05, 0.1) is 31.7 Å². The molecule has 0 unspecified atom stereocenters. The molecule has 0 fully saturated rings. The van der Waals surface area contributed by atoms with E-state index in [4.69, 9.17) is 9.47 Å². The Bertz CT molecular complexity index is 1010. The van der Waals surface area contributed by atoms with E-state index in [9.17, 15) is 8.42 Å². The van der Waals surface area contributed by atoms with Crippen molar-refractivity contribution in [3.05, 3.63) is 47.8 Å². The number of hydrogen-bond acceptors (Lipinski definition) is 6. The quantitative estimate of drug-likeness (QED) is 0.691. The van der Waals surface area contributed by atoms with Crippen LogP contribution in [-0.4, -0.2) is 33.9 Å². The number of methoxy groups -OCH3 is 2. The van der Waals surface area contributed by atoms with Crippen LogP contribution in [0, 0.1) is 0 Å². The second-order valence-electron chi connectivity index (χ2n) is 5.53. The van der Waals surface area contributed by atoms with Gasteiger partial charge in [-0.2, -0.15) is 0 Å². The largest absolute Gasteiger partial charge is 0.493 e. The molecule has 0 aliphatic carbocycles. The summed E-state index contributed by atoms with van der Waals surface area (Å²) in [6.45, 7) is 0. The zero-order valence-electron chi connectivity index (χ0n) is 14.5. The van der Waals surface area contributed by atoms with Crippen LogP contribution in [0.25, 0.3) is 21.8 Å². The predicted octanol–water partition coefficient (Wildman–Crippen LogP) is 3.87. The van der Waals surface area contributed by atoms with Gasteiger partial charge in [-0.1, -0.05) is 18.2 Å². The van der Waals surface area contributed by atoms with Gasteiger partial charge in [0.15, 0.2) is 11.5 Å². The summed E-state index contributed by atoms with van der Waals surface area (Å²) < 4.78 is 35.8. The molecule has 0 bridgehead atoms. The zero-order chi connectivity index (χ0) is 18.7. The smallest absolute Gasteiger partial charge is 0.229 e. The van der Waals surface area contributed by atoms with Gasteiger partial charge in [0.25, 0.3) is 0 Å². The summed E-state index contributed by atoms with van der Waals surface area (Å²) in [5.41, 5.74) is 3.08. The number of nitrogens with one attached hydrogen (secondary N) is 1. The number of rotatable bonds is 6. The van der Waals surface area contributed by atoms with E-state index in [0.29, 0.717) is 17.2 Å². The topological polar surface area (TPSA) is 77.5 Å². The molecular weight excluding hydrogens is 372 g/mol. The van der Waals surface area contributed by atoms with Crippen LogP contribution in [0.1, 0.15) is 0 Å². The van der Waals surface area contributed by atoms with Gasteiger partial charge in [-0.25, -0.2) is 13.4 Å². The monoisotopic (exact) mass is 390 g/mol. The minimum Gasteiger partial charge on any atom is -0.493 e. The van der Waals surface area contributed by atoms with Gasteiger partial charge in [-0.15, -0.1) is 11.3 Å². The first-order valence-electron chi connectivity index (χ1n) is 7.66. The summed E-state index contributed by atoms with van der Waals surface area (Å²) in [7, 11) is -0.0914. The molecule has 3 rings (SSSR count). The van der Waals surface area contributed by atoms with Crippen molar-refractivity contribution < 1.29 is 17.9 Å². The van der Waals surface area contributed by atoms with E-state index >= 15 is 0 Å². The molecule has 0 aliphatic rings. The zero-order valence-corrected chi connectivity index (χ0v) is 16.1. The fourth-order valence-corrected chi connectivity index (χ4v) is 3.92. The Morgan fingerprint density at radius 1 is 1.04 bits per heavy atom. The Kier molecular flexibility index (Phi) is 5.15. The fourth-order valence-electron chi connectivity index (χ4n) is 2.51. The molecule has 0 amide bonds. The molecule has 1 heterocycles. The van der Waals surface area contributed by atoms with Crippen molar-refractivity contribution in [2.75, 3.05) is 25.2 Å². The SMILES string of the molecule is COc1cccc(-c2nc(-c3ccc(NS(C)(=O)=O)cc3)cs2)c1OC. The number of nitrogens with zero attached hydrogens (tertiary/aromatic N) is 1. The maximum Gasteiger partial charge on any atom is 0.229 e. The molecular formula is C18H18N2O4S2. The number of sulfonamides is 1. The molecule has 2 aromatic carbocycles. The number of thiazole rings is 1. The third-order valence-electron chi connectivity index (χ3n) is 3.62. The van der Waals surface area contributed by atoms with Crippen LogP contribution in [0.5, 0.6) is 11.5 Å². The van der Waals surface area contributed by atoms with E-state index in [1.54, 1.807) is 26.4 Å². The first-order chi connectivity index (χ1) is 12.4. The lowest BCUT2D eigenvalue weighted by Gasteiger charge is -2.10. The highest BCUT2D eigenvalue weighted by molar-refractivity contribution is 7.92. The van der Waals surface area contributed by atoms with E-state index in [0.717, 1.165) is 28.1 Å². The van der Waals surface area contributed by atoms with Gasteiger partial charge in [0.1, 0.15) is 5.01 Å². The molecule has 136 valence electrons. The molecule has 0 spiro atoms. The molecule has 6 nitrogen and oxygen atoms in total. The number of anilines is 1. The molecule has 3 aromatic rings. The van der Waals surface area contributed by atoms with Gasteiger partial charge in [0, 0.05) is 16.6 Å². The summed E-state index contributed by atoms with van der Waals surface area (Å²) in [4.78, 5) is 4.68. The average Bonchev–Trinajstić information content (AvgIpc) is 3.10. The Labute approximate surface area is 156 Å². The van der Waals surface area contributed by atoms with Crippen molar-refractivity contribution in [1.29, 1.82) is 0 Å². The Balaban J connectivity index is 1.91. The maximum absolute atomic E-state index is 11.3. The van der Waals surface area contributed by atoms with Crippen LogP contribution in [-0.2, 0) is 10.0 Å². The molecule has 0 saturated carbocycles. The number of hydrogen-bond donors (Lipinski definition) is 1. The van der Waals surface area contributed by atoms with Gasteiger partial charge < -0.3 is 9.47 Å². The lowest BCUT2D eigenvalue weighted by Crippen LogP contribution is -2.09. The number of aromatic nitrogens is 1. The summed E-state index contributed by atoms with van der Waals surface area (Å²) in [6, 6.07) is 12.7. The van der Waals surface area contributed by atoms with Crippen molar-refractivity contribution in [1.82, 2.24) is 4.98 Å². The van der Waals surface area contributed by atoms with Gasteiger partial charge >= 0.3 is 0 Å². The van der Waals surface area contributed by atoms with Crippen LogP contribution >= 0.6 is 11.3 Å². The van der Waals surface area contributed by atoms with Crippen molar-refractivity contribution in [3.63, 3.8) is 0 Å². The number of ether oxygens (including phenoxy) is 2. The molecule has 1 N–H and O–H groups in total. The normalized spacial score (nSPS) is 11.2. The molecule has 0 aliphatic heterocycles. The van der Waals surface area contributed by atoms with Crippen LogP contribution in [0.3, 0.4) is 0 Å². The highest BCUT2D eigenvalue weighted by atomic mass is 32.2. The average molecular weight is 390 g/mol. The lowest BCUT2D eigenvalue weighted by molar-refractivity contribution is 0.356. The molecule has 0 atom stereocenters. The van der Waals surface area contributed by atoms with Crippen LogP contribution in [0.2, 0.25) is 0 Å². The second kappa shape index (κ2) is 7.35. The molecule has 1 aromatic heterocycles. The summed E-state index contributed by atoms with van der Waals surface area (Å²) in [5.74, 6) is 1.29. The van der Waals surface area contributed by atoms with E-state index in [-0.39, 0.29) is 0 Å². The summed E-state index contributed by atoms with van der Waals surface area (Å²) in [5, 5.41) is 2.77. The highest BCUT2D eigenvalue weighted by Gasteiger charge is 2.15. The Morgan fingerprint density at radius 3 is 2.38 bits per heavy atom. The molecule has 26 heavy (non-hydrogen) atoms. The van der Waals surface area contributed by atoms with Gasteiger partial charge in [0.2, 0.25) is 10.0 Å². The highest BCUT2D eigenvalue weighted by Crippen LogP contribution is 2.40. The van der Waals surface area contributed by atoms with E-state index in [2.05, 4.69) is 9.71 Å². The van der Waals surface area contributed by atoms with Crippen molar-refractivity contribution in [2.45, 2.75) is 0 Å². The standard InChI is InChI=1S/C18H18N2O4S2/c1-23-16-6-4-5-14(17(16)24-2)18-19-15(11-25-18)12-7-9-13(10-8-12)20-26(3,21)22/h4-11,20H,1-3H3. The molecule has 0 saturated heterocycles. The van der Waals surface area contributed by atoms with Crippen molar-refractivity contribution >= 4 is 27.0 Å². The minimum absolute atomic E-state index is 0.515. The van der Waals surface area contributed by atoms with Crippen LogP contribution in [0.4, 0.5) is 5.69 Å². The van der Waals surface area contributed by atoms with E-state index < -0.39 is 10.0 Å². The van der Waals surface area contributed by atoms with Gasteiger partial charge in [-0.3, -0.25) is 4.72 Å². The fraction of sp³-hybridized carbons (Fsp3) is 0.167. The number of benzene rings is 2. The van der Waals surface area contributed by atoms with Crippen molar-refractivity contribution in [3.8, 4) is 33.3 Å². The van der Waals surface area contributed by atoms with Crippen molar-refractivity contribution in [2.24, 2.45) is 0 Å². The van der Waals surface area contributed by atoms with Crippen LogP contribution < -0.4 is 14.2 Å². The summed E-state index contributed by atoms with van der Waals surface area (Å²) >= 11 is 1.50. The van der Waals surface area contributed by atoms with E-state index in [1.807, 2.05) is 35.7 Å². The maximum atomic E-state index is 11.3. The second-order valence-corrected chi connectivity index (χ2v) is 8.14. The first kappa shape index (κ1) is 18.2. The predicted molar refractivity (Wildman–Crippen MR) is 105 cm³/mol.